The lowest BCUT2D eigenvalue weighted by atomic mass is 9.81. The molecule has 0 aliphatic heterocycles. The van der Waals surface area contributed by atoms with E-state index in [-0.39, 0.29) is 5.41 Å². The van der Waals surface area contributed by atoms with Crippen LogP contribution >= 0.6 is 11.3 Å². The van der Waals surface area contributed by atoms with Gasteiger partial charge in [-0.05, 0) is 23.5 Å². The van der Waals surface area contributed by atoms with Gasteiger partial charge in [-0.3, -0.25) is 0 Å². The first-order valence-electron chi connectivity index (χ1n) is 7.63. The summed E-state index contributed by atoms with van der Waals surface area (Å²) in [6.45, 7) is 10.4. The van der Waals surface area contributed by atoms with Gasteiger partial charge in [0.2, 0.25) is 0 Å². The van der Waals surface area contributed by atoms with Crippen LogP contribution in [0.3, 0.4) is 0 Å². The number of benzene rings is 1. The summed E-state index contributed by atoms with van der Waals surface area (Å²) in [6, 6.07) is 8.89. The van der Waals surface area contributed by atoms with Gasteiger partial charge in [-0.25, -0.2) is 4.98 Å². The lowest BCUT2D eigenvalue weighted by Crippen LogP contribution is -2.32. The van der Waals surface area contributed by atoms with Gasteiger partial charge in [0.05, 0.1) is 12.3 Å². The van der Waals surface area contributed by atoms with Gasteiger partial charge in [0.25, 0.3) is 0 Å². The van der Waals surface area contributed by atoms with Crippen molar-refractivity contribution in [3.05, 3.63) is 51.5 Å². The van der Waals surface area contributed by atoms with Crippen molar-refractivity contribution >= 4 is 11.3 Å². The van der Waals surface area contributed by atoms with Gasteiger partial charge in [-0.15, -0.1) is 11.3 Å². The van der Waals surface area contributed by atoms with Crippen molar-refractivity contribution in [3.8, 4) is 0 Å². The summed E-state index contributed by atoms with van der Waals surface area (Å²) >= 11 is 1.66. The summed E-state index contributed by atoms with van der Waals surface area (Å²) in [7, 11) is 1.70. The number of methoxy groups -OCH3 is 1. The van der Waals surface area contributed by atoms with E-state index in [2.05, 4.69) is 67.6 Å². The second-order valence-corrected chi connectivity index (χ2v) is 7.64. The largest absolute Gasteiger partial charge is 0.378 e. The molecule has 3 nitrogen and oxygen atoms in total. The molecule has 0 saturated heterocycles. The van der Waals surface area contributed by atoms with Crippen LogP contribution in [0.25, 0.3) is 0 Å². The highest BCUT2D eigenvalue weighted by molar-refractivity contribution is 7.09. The van der Waals surface area contributed by atoms with Crippen LogP contribution in [0.15, 0.2) is 29.6 Å². The Bertz CT molecular complexity index is 601. The average molecular weight is 318 g/mol. The average Bonchev–Trinajstić information content (AvgIpc) is 2.88. The van der Waals surface area contributed by atoms with Crippen molar-refractivity contribution in [1.29, 1.82) is 0 Å². The van der Waals surface area contributed by atoms with Crippen molar-refractivity contribution in [2.75, 3.05) is 7.11 Å². The van der Waals surface area contributed by atoms with Crippen LogP contribution in [0.5, 0.6) is 0 Å². The minimum atomic E-state index is 0.136. The number of hydrogen-bond acceptors (Lipinski definition) is 4. The van der Waals surface area contributed by atoms with Crippen molar-refractivity contribution in [2.24, 2.45) is 5.41 Å². The maximum Gasteiger partial charge on any atom is 0.119 e. The summed E-state index contributed by atoms with van der Waals surface area (Å²) in [6.07, 6.45) is 0. The van der Waals surface area contributed by atoms with Crippen molar-refractivity contribution in [2.45, 2.75) is 46.9 Å². The summed E-state index contributed by atoms with van der Waals surface area (Å²) in [5, 5.41) is 6.83. The first kappa shape index (κ1) is 17.1. The van der Waals surface area contributed by atoms with E-state index in [1.165, 1.54) is 11.1 Å². The molecule has 0 amide bonds. The minimum Gasteiger partial charge on any atom is -0.378 e. The highest BCUT2D eigenvalue weighted by Gasteiger charge is 2.27. The Labute approximate surface area is 137 Å². The Morgan fingerprint density at radius 2 is 2.00 bits per heavy atom. The number of aromatic nitrogens is 1. The smallest absolute Gasteiger partial charge is 0.119 e. The van der Waals surface area contributed by atoms with E-state index in [0.29, 0.717) is 12.6 Å². The maximum atomic E-state index is 5.13. The fourth-order valence-electron chi connectivity index (χ4n) is 2.62. The monoisotopic (exact) mass is 318 g/mol. The highest BCUT2D eigenvalue weighted by Crippen LogP contribution is 2.34. The zero-order valence-electron chi connectivity index (χ0n) is 14.1. The lowest BCUT2D eigenvalue weighted by molar-refractivity contribution is 0.184. The Morgan fingerprint density at radius 1 is 1.27 bits per heavy atom. The van der Waals surface area contributed by atoms with E-state index in [4.69, 9.17) is 4.74 Å². The minimum absolute atomic E-state index is 0.136. The fraction of sp³-hybridized carbons (Fsp3) is 0.500. The Morgan fingerprint density at radius 3 is 2.64 bits per heavy atom. The zero-order chi connectivity index (χ0) is 16.2. The second-order valence-electron chi connectivity index (χ2n) is 6.70. The molecule has 1 aromatic heterocycles. The highest BCUT2D eigenvalue weighted by atomic mass is 32.1. The van der Waals surface area contributed by atoms with Crippen molar-refractivity contribution < 1.29 is 4.74 Å². The van der Waals surface area contributed by atoms with E-state index < -0.39 is 0 Å². The predicted octanol–water partition coefficient (Wildman–Crippen LogP) is 4.47. The molecule has 4 heteroatoms. The molecule has 1 aromatic carbocycles. The number of nitrogens with zero attached hydrogens (tertiary/aromatic N) is 1. The molecule has 2 aromatic rings. The molecule has 1 N–H and O–H groups in total. The van der Waals surface area contributed by atoms with Crippen LogP contribution in [0, 0.1) is 12.3 Å². The van der Waals surface area contributed by atoms with E-state index in [9.17, 15) is 0 Å². The van der Waals surface area contributed by atoms with Gasteiger partial charge in [-0.2, -0.15) is 0 Å². The molecule has 0 aliphatic carbocycles. The summed E-state index contributed by atoms with van der Waals surface area (Å²) in [5.74, 6) is 0. The van der Waals surface area contributed by atoms with E-state index in [1.54, 1.807) is 18.4 Å². The van der Waals surface area contributed by atoms with Crippen LogP contribution in [-0.4, -0.2) is 12.1 Å². The standard InChI is InChI=1S/C18H26N2OS/c1-13-8-6-7-9-15(13)17(18(2,3)4)19-10-14-12-22-16(20-14)11-21-5/h6-9,12,17,19H,10-11H2,1-5H3/t17-/m0/s1. The van der Waals surface area contributed by atoms with Gasteiger partial charge in [0.1, 0.15) is 5.01 Å². The van der Waals surface area contributed by atoms with E-state index in [1.807, 2.05) is 0 Å². The maximum absolute atomic E-state index is 5.13. The molecular weight excluding hydrogens is 292 g/mol. The lowest BCUT2D eigenvalue weighted by Gasteiger charge is -2.33. The van der Waals surface area contributed by atoms with E-state index >= 15 is 0 Å². The number of nitrogens with one attached hydrogen (secondary N) is 1. The molecule has 120 valence electrons. The van der Waals surface area contributed by atoms with Crippen LogP contribution < -0.4 is 5.32 Å². The third-order valence-corrected chi connectivity index (χ3v) is 4.59. The van der Waals surface area contributed by atoms with Crippen LogP contribution in [0.2, 0.25) is 0 Å². The molecule has 2 rings (SSSR count). The van der Waals surface area contributed by atoms with Crippen molar-refractivity contribution in [1.82, 2.24) is 10.3 Å². The third-order valence-electron chi connectivity index (χ3n) is 3.72. The molecule has 0 bridgehead atoms. The Kier molecular flexibility index (Phi) is 5.73. The fourth-order valence-corrected chi connectivity index (χ4v) is 3.38. The third kappa shape index (κ3) is 4.38. The molecule has 1 heterocycles. The quantitative estimate of drug-likeness (QED) is 0.853. The van der Waals surface area contributed by atoms with E-state index in [0.717, 1.165) is 17.2 Å². The zero-order valence-corrected chi connectivity index (χ0v) is 15.0. The molecular formula is C18H26N2OS. The molecule has 0 unspecified atom stereocenters. The number of rotatable bonds is 6. The summed E-state index contributed by atoms with van der Waals surface area (Å²) < 4.78 is 5.13. The van der Waals surface area contributed by atoms with Crippen LogP contribution in [0.1, 0.15) is 48.6 Å². The first-order chi connectivity index (χ1) is 10.4. The Hall–Kier alpha value is -1.23. The normalized spacial score (nSPS) is 13.3. The van der Waals surface area contributed by atoms with Gasteiger partial charge < -0.3 is 10.1 Å². The predicted molar refractivity (Wildman–Crippen MR) is 93.0 cm³/mol. The number of hydrogen-bond donors (Lipinski definition) is 1. The van der Waals surface area contributed by atoms with Gasteiger partial charge >= 0.3 is 0 Å². The summed E-state index contributed by atoms with van der Waals surface area (Å²) in [5.41, 5.74) is 3.91. The van der Waals surface area contributed by atoms with Crippen molar-refractivity contribution in [3.63, 3.8) is 0 Å². The van der Waals surface area contributed by atoms with Crippen LogP contribution in [0.4, 0.5) is 0 Å². The van der Waals surface area contributed by atoms with Gasteiger partial charge in [-0.1, -0.05) is 45.0 Å². The first-order valence-corrected chi connectivity index (χ1v) is 8.51. The summed E-state index contributed by atoms with van der Waals surface area (Å²) in [4.78, 5) is 4.60. The number of ether oxygens (including phenoxy) is 1. The second kappa shape index (κ2) is 7.36. The molecule has 0 radical (unpaired) electrons. The van der Waals surface area contributed by atoms with Gasteiger partial charge in [0.15, 0.2) is 0 Å². The number of aryl methyl sites for hydroxylation is 1. The number of thiazole rings is 1. The topological polar surface area (TPSA) is 34.1 Å². The molecule has 22 heavy (non-hydrogen) atoms. The molecule has 0 spiro atoms. The van der Waals surface area contributed by atoms with Gasteiger partial charge in [0, 0.05) is 25.1 Å². The SMILES string of the molecule is COCc1nc(CN[C@@H](c2ccccc2C)C(C)(C)C)cs1. The molecule has 0 aliphatic rings. The molecule has 1 atom stereocenters. The Balaban J connectivity index is 2.12. The van der Waals surface area contributed by atoms with Crippen LogP contribution in [-0.2, 0) is 17.9 Å². The molecule has 0 saturated carbocycles. The molecule has 0 fully saturated rings.